The van der Waals surface area contributed by atoms with E-state index in [9.17, 15) is 18.0 Å². The van der Waals surface area contributed by atoms with Gasteiger partial charge in [-0.05, 0) is 43.5 Å². The normalized spacial score (nSPS) is 22.3. The summed E-state index contributed by atoms with van der Waals surface area (Å²) in [6, 6.07) is 5.60. The number of hydrogen-bond donors (Lipinski definition) is 2. The minimum absolute atomic E-state index is 0.0602. The molecule has 0 amide bonds. The average Bonchev–Trinajstić information content (AvgIpc) is 2.92. The minimum atomic E-state index is -4.33. The van der Waals surface area contributed by atoms with Gasteiger partial charge in [-0.2, -0.15) is 18.3 Å². The van der Waals surface area contributed by atoms with E-state index in [-0.39, 0.29) is 23.1 Å². The van der Waals surface area contributed by atoms with Gasteiger partial charge in [0.05, 0.1) is 5.56 Å². The Bertz CT molecular complexity index is 748. The van der Waals surface area contributed by atoms with Crippen LogP contribution in [0.5, 0.6) is 0 Å². The van der Waals surface area contributed by atoms with E-state index < -0.39 is 11.7 Å². The predicted octanol–water partition coefficient (Wildman–Crippen LogP) is 3.50. The molecule has 2 atom stereocenters. The van der Waals surface area contributed by atoms with Crippen LogP contribution in [0.2, 0.25) is 0 Å². The number of hydrogen-bond acceptors (Lipinski definition) is 3. The Labute approximate surface area is 130 Å². The summed E-state index contributed by atoms with van der Waals surface area (Å²) in [5.41, 5.74) is 0.149. The molecule has 0 unspecified atom stereocenters. The van der Waals surface area contributed by atoms with Crippen molar-refractivity contribution in [2.75, 3.05) is 6.54 Å². The predicted molar refractivity (Wildman–Crippen MR) is 78.2 cm³/mol. The standard InChI is InChI=1S/C16H17F3N2O2/c1-9-6-10(2-3-12(9)16(17,18)19)13-7-11(4-5-20-13)14-8-15(22)21-23-14/h2-3,6,8,11,13,20H,4-5,7H2,1H3,(H,21,22)/t11-,13-/m0/s1. The Balaban J connectivity index is 1.81. The van der Waals surface area contributed by atoms with E-state index in [0.29, 0.717) is 18.7 Å². The minimum Gasteiger partial charge on any atom is -0.383 e. The molecule has 1 fully saturated rings. The molecule has 1 saturated heterocycles. The highest BCUT2D eigenvalue weighted by Crippen LogP contribution is 2.36. The zero-order chi connectivity index (χ0) is 16.6. The lowest BCUT2D eigenvalue weighted by Gasteiger charge is -2.29. The number of aryl methyl sites for hydroxylation is 1. The van der Waals surface area contributed by atoms with Crippen molar-refractivity contribution in [1.29, 1.82) is 0 Å². The van der Waals surface area contributed by atoms with E-state index in [4.69, 9.17) is 4.52 Å². The molecule has 23 heavy (non-hydrogen) atoms. The molecule has 0 radical (unpaired) electrons. The Hall–Kier alpha value is -2.02. The highest BCUT2D eigenvalue weighted by Gasteiger charge is 2.33. The first-order chi connectivity index (χ1) is 10.8. The lowest BCUT2D eigenvalue weighted by atomic mass is 9.86. The zero-order valence-electron chi connectivity index (χ0n) is 12.5. The third-order valence-corrected chi connectivity index (χ3v) is 4.31. The highest BCUT2D eigenvalue weighted by molar-refractivity contribution is 5.35. The maximum Gasteiger partial charge on any atom is 0.416 e. The first-order valence-corrected chi connectivity index (χ1v) is 7.44. The van der Waals surface area contributed by atoms with Crippen molar-refractivity contribution in [2.45, 2.75) is 37.9 Å². The summed E-state index contributed by atoms with van der Waals surface area (Å²) in [6.07, 6.45) is -2.85. The maximum absolute atomic E-state index is 12.8. The van der Waals surface area contributed by atoms with Crippen LogP contribution in [-0.4, -0.2) is 11.7 Å². The van der Waals surface area contributed by atoms with Crippen LogP contribution in [-0.2, 0) is 6.18 Å². The Morgan fingerprint density at radius 2 is 2.04 bits per heavy atom. The van der Waals surface area contributed by atoms with E-state index in [1.54, 1.807) is 6.07 Å². The van der Waals surface area contributed by atoms with E-state index >= 15 is 0 Å². The molecule has 1 aromatic carbocycles. The third-order valence-electron chi connectivity index (χ3n) is 4.31. The molecule has 7 heteroatoms. The van der Waals surface area contributed by atoms with E-state index in [1.165, 1.54) is 19.1 Å². The van der Waals surface area contributed by atoms with Gasteiger partial charge in [0.1, 0.15) is 5.76 Å². The summed E-state index contributed by atoms with van der Waals surface area (Å²) in [5, 5.41) is 5.59. The van der Waals surface area contributed by atoms with E-state index in [1.807, 2.05) is 0 Å². The van der Waals surface area contributed by atoms with Crippen molar-refractivity contribution in [3.05, 3.63) is 57.1 Å². The van der Waals surface area contributed by atoms with Gasteiger partial charge in [0.15, 0.2) is 0 Å². The van der Waals surface area contributed by atoms with Gasteiger partial charge in [-0.3, -0.25) is 4.79 Å². The number of halogens is 3. The van der Waals surface area contributed by atoms with Gasteiger partial charge in [-0.15, -0.1) is 0 Å². The van der Waals surface area contributed by atoms with Crippen LogP contribution in [0, 0.1) is 6.92 Å². The fourth-order valence-electron chi connectivity index (χ4n) is 3.15. The number of piperidine rings is 1. The van der Waals surface area contributed by atoms with Crippen LogP contribution < -0.4 is 10.9 Å². The van der Waals surface area contributed by atoms with Gasteiger partial charge < -0.3 is 9.84 Å². The van der Waals surface area contributed by atoms with Gasteiger partial charge in [0, 0.05) is 18.0 Å². The molecule has 3 rings (SSSR count). The monoisotopic (exact) mass is 326 g/mol. The maximum atomic E-state index is 12.8. The summed E-state index contributed by atoms with van der Waals surface area (Å²) in [4.78, 5) is 11.2. The number of H-pyrrole nitrogens is 1. The average molecular weight is 326 g/mol. The number of aromatic nitrogens is 1. The topological polar surface area (TPSA) is 58.0 Å². The second-order valence-corrected chi connectivity index (χ2v) is 5.92. The second-order valence-electron chi connectivity index (χ2n) is 5.92. The quantitative estimate of drug-likeness (QED) is 0.888. The van der Waals surface area contributed by atoms with Gasteiger partial charge in [-0.1, -0.05) is 12.1 Å². The molecule has 0 bridgehead atoms. The van der Waals surface area contributed by atoms with E-state index in [0.717, 1.165) is 18.1 Å². The van der Waals surface area contributed by atoms with Crippen molar-refractivity contribution in [3.63, 3.8) is 0 Å². The molecule has 2 heterocycles. The Morgan fingerprint density at radius 3 is 2.65 bits per heavy atom. The Morgan fingerprint density at radius 1 is 1.26 bits per heavy atom. The molecule has 124 valence electrons. The summed E-state index contributed by atoms with van der Waals surface area (Å²) < 4.78 is 43.7. The molecule has 1 aliphatic heterocycles. The SMILES string of the molecule is Cc1cc([C@@H]2C[C@@H](c3cc(=O)[nH]o3)CCN2)ccc1C(F)(F)F. The summed E-state index contributed by atoms with van der Waals surface area (Å²) in [5.74, 6) is 0.674. The zero-order valence-corrected chi connectivity index (χ0v) is 12.5. The van der Waals surface area contributed by atoms with Gasteiger partial charge in [-0.25, -0.2) is 0 Å². The highest BCUT2D eigenvalue weighted by atomic mass is 19.4. The number of nitrogens with one attached hydrogen (secondary N) is 2. The number of rotatable bonds is 2. The lowest BCUT2D eigenvalue weighted by molar-refractivity contribution is -0.138. The van der Waals surface area contributed by atoms with Crippen molar-refractivity contribution < 1.29 is 17.7 Å². The smallest absolute Gasteiger partial charge is 0.383 e. The van der Waals surface area contributed by atoms with Crippen molar-refractivity contribution in [1.82, 2.24) is 10.5 Å². The van der Waals surface area contributed by atoms with Crippen molar-refractivity contribution in [2.24, 2.45) is 0 Å². The third kappa shape index (κ3) is 3.34. The van der Waals surface area contributed by atoms with Crippen LogP contribution in [0.3, 0.4) is 0 Å². The molecular weight excluding hydrogens is 309 g/mol. The van der Waals surface area contributed by atoms with Crippen LogP contribution in [0.4, 0.5) is 13.2 Å². The summed E-state index contributed by atoms with van der Waals surface area (Å²) in [6.45, 7) is 2.18. The Kier molecular flexibility index (Phi) is 4.06. The van der Waals surface area contributed by atoms with Crippen LogP contribution in [0.25, 0.3) is 0 Å². The number of benzene rings is 1. The molecule has 0 aliphatic carbocycles. The molecule has 1 aliphatic rings. The summed E-state index contributed by atoms with van der Waals surface area (Å²) >= 11 is 0. The summed E-state index contributed by atoms with van der Waals surface area (Å²) in [7, 11) is 0. The molecule has 1 aromatic heterocycles. The molecule has 2 aromatic rings. The number of alkyl halides is 3. The molecule has 4 nitrogen and oxygen atoms in total. The van der Waals surface area contributed by atoms with E-state index in [2.05, 4.69) is 10.5 Å². The van der Waals surface area contributed by atoms with Crippen molar-refractivity contribution >= 4 is 0 Å². The molecule has 2 N–H and O–H groups in total. The first-order valence-electron chi connectivity index (χ1n) is 7.44. The first kappa shape index (κ1) is 15.9. The molecule has 0 saturated carbocycles. The fourth-order valence-corrected chi connectivity index (χ4v) is 3.15. The van der Waals surface area contributed by atoms with Gasteiger partial charge in [0.25, 0.3) is 5.56 Å². The molecular formula is C16H17F3N2O2. The largest absolute Gasteiger partial charge is 0.416 e. The molecule has 0 spiro atoms. The number of aromatic amines is 1. The van der Waals surface area contributed by atoms with Crippen molar-refractivity contribution in [3.8, 4) is 0 Å². The van der Waals surface area contributed by atoms with Crippen LogP contribution in [0.15, 0.2) is 33.6 Å². The fraction of sp³-hybridized carbons (Fsp3) is 0.438. The van der Waals surface area contributed by atoms with Gasteiger partial charge >= 0.3 is 6.18 Å². The van der Waals surface area contributed by atoms with Crippen LogP contribution in [0.1, 0.15) is 47.3 Å². The second kappa shape index (κ2) is 5.88. The van der Waals surface area contributed by atoms with Gasteiger partial charge in [0.2, 0.25) is 0 Å². The van der Waals surface area contributed by atoms with Crippen LogP contribution >= 0.6 is 0 Å². The lowest BCUT2D eigenvalue weighted by Crippen LogP contribution is -2.31.